The molecule has 0 aliphatic carbocycles. The van der Waals surface area contributed by atoms with Crippen molar-refractivity contribution >= 4 is 40.5 Å². The Hall–Kier alpha value is -1.52. The molecular formula is C14H16Cl2N4. The van der Waals surface area contributed by atoms with Crippen LogP contribution in [-0.4, -0.2) is 16.5 Å². The van der Waals surface area contributed by atoms with Crippen LogP contribution in [0.3, 0.4) is 0 Å². The first-order chi connectivity index (χ1) is 9.67. The Bertz CT molecular complexity index is 581. The zero-order valence-electron chi connectivity index (χ0n) is 11.4. The standard InChI is InChI=1S/C14H16Cl2N4/c1-3-9-13(17-4-2)18-8-19-14(9)20-12-10(15)6-5-7-11(12)16/h5-8H,3-4H2,1-2H3,(H2,17,18,19,20). The summed E-state index contributed by atoms with van der Waals surface area (Å²) >= 11 is 12.3. The minimum Gasteiger partial charge on any atom is -0.370 e. The first-order valence-electron chi connectivity index (χ1n) is 6.46. The van der Waals surface area contributed by atoms with Crippen LogP contribution in [0.4, 0.5) is 17.3 Å². The van der Waals surface area contributed by atoms with Crippen LogP contribution in [0, 0.1) is 0 Å². The Morgan fingerprint density at radius 3 is 2.30 bits per heavy atom. The molecule has 0 saturated carbocycles. The zero-order chi connectivity index (χ0) is 14.5. The minimum absolute atomic E-state index is 0.558. The Kier molecular flexibility index (Phi) is 5.04. The average Bonchev–Trinajstić information content (AvgIpc) is 2.43. The fourth-order valence-electron chi connectivity index (χ4n) is 1.91. The smallest absolute Gasteiger partial charge is 0.139 e. The molecule has 0 atom stereocenters. The lowest BCUT2D eigenvalue weighted by molar-refractivity contribution is 1.03. The van der Waals surface area contributed by atoms with Crippen molar-refractivity contribution in [1.29, 1.82) is 0 Å². The average molecular weight is 311 g/mol. The third kappa shape index (κ3) is 3.14. The van der Waals surface area contributed by atoms with Gasteiger partial charge in [-0.25, -0.2) is 9.97 Å². The van der Waals surface area contributed by atoms with E-state index in [9.17, 15) is 0 Å². The molecule has 106 valence electrons. The van der Waals surface area contributed by atoms with Gasteiger partial charge in [0, 0.05) is 12.1 Å². The van der Waals surface area contributed by atoms with Crippen molar-refractivity contribution in [1.82, 2.24) is 9.97 Å². The Labute approximate surface area is 128 Å². The number of aromatic nitrogens is 2. The van der Waals surface area contributed by atoms with Crippen molar-refractivity contribution in [2.24, 2.45) is 0 Å². The summed E-state index contributed by atoms with van der Waals surface area (Å²) in [5.74, 6) is 1.55. The normalized spacial score (nSPS) is 10.4. The fraction of sp³-hybridized carbons (Fsp3) is 0.286. The summed E-state index contributed by atoms with van der Waals surface area (Å²) in [4.78, 5) is 8.55. The van der Waals surface area contributed by atoms with Crippen molar-refractivity contribution in [2.45, 2.75) is 20.3 Å². The predicted molar refractivity (Wildman–Crippen MR) is 85.3 cm³/mol. The fourth-order valence-corrected chi connectivity index (χ4v) is 2.40. The highest BCUT2D eigenvalue weighted by Crippen LogP contribution is 2.33. The van der Waals surface area contributed by atoms with E-state index in [1.165, 1.54) is 6.33 Å². The van der Waals surface area contributed by atoms with Gasteiger partial charge in [-0.05, 0) is 25.5 Å². The van der Waals surface area contributed by atoms with Gasteiger partial charge < -0.3 is 10.6 Å². The topological polar surface area (TPSA) is 49.8 Å². The minimum atomic E-state index is 0.558. The number of benzene rings is 1. The molecule has 0 unspecified atom stereocenters. The van der Waals surface area contributed by atoms with Gasteiger partial charge in [0.25, 0.3) is 0 Å². The second-order valence-electron chi connectivity index (χ2n) is 4.15. The van der Waals surface area contributed by atoms with E-state index < -0.39 is 0 Å². The van der Waals surface area contributed by atoms with E-state index in [1.54, 1.807) is 18.2 Å². The summed E-state index contributed by atoms with van der Waals surface area (Å²) in [5, 5.41) is 7.55. The highest BCUT2D eigenvalue weighted by molar-refractivity contribution is 6.39. The molecule has 0 amide bonds. The molecule has 0 bridgehead atoms. The zero-order valence-corrected chi connectivity index (χ0v) is 12.9. The molecule has 0 saturated heterocycles. The number of anilines is 3. The SMILES string of the molecule is CCNc1ncnc(Nc2c(Cl)cccc2Cl)c1CC. The molecule has 0 fully saturated rings. The second-order valence-corrected chi connectivity index (χ2v) is 4.97. The molecule has 4 nitrogen and oxygen atoms in total. The lowest BCUT2D eigenvalue weighted by Crippen LogP contribution is -2.07. The quantitative estimate of drug-likeness (QED) is 0.852. The summed E-state index contributed by atoms with van der Waals surface area (Å²) in [7, 11) is 0. The third-order valence-corrected chi connectivity index (χ3v) is 3.48. The summed E-state index contributed by atoms with van der Waals surface area (Å²) in [5.41, 5.74) is 1.66. The molecule has 0 spiro atoms. The van der Waals surface area contributed by atoms with Gasteiger partial charge in [-0.1, -0.05) is 36.2 Å². The maximum Gasteiger partial charge on any atom is 0.139 e. The molecule has 2 N–H and O–H groups in total. The van der Waals surface area contributed by atoms with E-state index in [0.29, 0.717) is 21.6 Å². The van der Waals surface area contributed by atoms with E-state index in [1.807, 2.05) is 6.92 Å². The number of rotatable bonds is 5. The number of para-hydroxylation sites is 1. The van der Waals surface area contributed by atoms with Gasteiger partial charge >= 0.3 is 0 Å². The van der Waals surface area contributed by atoms with Crippen LogP contribution < -0.4 is 10.6 Å². The molecule has 1 aromatic heterocycles. The number of nitrogens with zero attached hydrogens (tertiary/aromatic N) is 2. The van der Waals surface area contributed by atoms with Gasteiger partial charge in [-0.2, -0.15) is 0 Å². The highest BCUT2D eigenvalue weighted by Gasteiger charge is 2.12. The number of hydrogen-bond acceptors (Lipinski definition) is 4. The first-order valence-corrected chi connectivity index (χ1v) is 7.21. The molecule has 2 aromatic rings. The van der Waals surface area contributed by atoms with E-state index >= 15 is 0 Å². The maximum atomic E-state index is 6.17. The van der Waals surface area contributed by atoms with Gasteiger partial charge in [0.1, 0.15) is 18.0 Å². The van der Waals surface area contributed by atoms with Gasteiger partial charge in [0.2, 0.25) is 0 Å². The molecular weight excluding hydrogens is 295 g/mol. The van der Waals surface area contributed by atoms with Crippen LogP contribution in [0.5, 0.6) is 0 Å². The first kappa shape index (κ1) is 14.9. The molecule has 2 rings (SSSR count). The molecule has 20 heavy (non-hydrogen) atoms. The molecule has 1 heterocycles. The lowest BCUT2D eigenvalue weighted by Gasteiger charge is -2.15. The Balaban J connectivity index is 2.41. The number of halogens is 2. The van der Waals surface area contributed by atoms with Crippen LogP contribution in [0.15, 0.2) is 24.5 Å². The van der Waals surface area contributed by atoms with Crippen molar-refractivity contribution in [3.8, 4) is 0 Å². The maximum absolute atomic E-state index is 6.17. The highest BCUT2D eigenvalue weighted by atomic mass is 35.5. The van der Waals surface area contributed by atoms with E-state index in [2.05, 4.69) is 27.5 Å². The van der Waals surface area contributed by atoms with Crippen LogP contribution in [0.25, 0.3) is 0 Å². The van der Waals surface area contributed by atoms with Crippen molar-refractivity contribution in [3.63, 3.8) is 0 Å². The number of nitrogens with one attached hydrogen (secondary N) is 2. The second kappa shape index (κ2) is 6.77. The van der Waals surface area contributed by atoms with Gasteiger partial charge in [0.05, 0.1) is 15.7 Å². The van der Waals surface area contributed by atoms with Gasteiger partial charge in [-0.15, -0.1) is 0 Å². The van der Waals surface area contributed by atoms with Crippen molar-refractivity contribution < 1.29 is 0 Å². The third-order valence-electron chi connectivity index (χ3n) is 2.85. The number of hydrogen-bond donors (Lipinski definition) is 2. The molecule has 0 aliphatic rings. The van der Waals surface area contributed by atoms with Crippen LogP contribution in [0.1, 0.15) is 19.4 Å². The lowest BCUT2D eigenvalue weighted by atomic mass is 10.2. The summed E-state index contributed by atoms with van der Waals surface area (Å²) in [6.07, 6.45) is 2.32. The molecule has 6 heteroatoms. The van der Waals surface area contributed by atoms with E-state index in [4.69, 9.17) is 23.2 Å². The van der Waals surface area contributed by atoms with Crippen LogP contribution >= 0.6 is 23.2 Å². The molecule has 0 radical (unpaired) electrons. The summed E-state index contributed by atoms with van der Waals surface area (Å²) < 4.78 is 0. The van der Waals surface area contributed by atoms with Gasteiger partial charge in [0.15, 0.2) is 0 Å². The monoisotopic (exact) mass is 310 g/mol. The predicted octanol–water partition coefficient (Wildman–Crippen LogP) is 4.52. The van der Waals surface area contributed by atoms with Crippen molar-refractivity contribution in [2.75, 3.05) is 17.2 Å². The van der Waals surface area contributed by atoms with Gasteiger partial charge in [-0.3, -0.25) is 0 Å². The largest absolute Gasteiger partial charge is 0.370 e. The molecule has 1 aromatic carbocycles. The Morgan fingerprint density at radius 2 is 1.70 bits per heavy atom. The van der Waals surface area contributed by atoms with Crippen LogP contribution in [-0.2, 0) is 6.42 Å². The van der Waals surface area contributed by atoms with E-state index in [0.717, 1.165) is 24.3 Å². The molecule has 0 aliphatic heterocycles. The summed E-state index contributed by atoms with van der Waals surface area (Å²) in [6.45, 7) is 4.88. The van der Waals surface area contributed by atoms with Crippen molar-refractivity contribution in [3.05, 3.63) is 40.1 Å². The summed E-state index contributed by atoms with van der Waals surface area (Å²) in [6, 6.07) is 5.38. The van der Waals surface area contributed by atoms with E-state index in [-0.39, 0.29) is 0 Å². The van der Waals surface area contributed by atoms with Crippen LogP contribution in [0.2, 0.25) is 10.0 Å². The Morgan fingerprint density at radius 1 is 1.05 bits per heavy atom.